The molecule has 0 saturated carbocycles. The van der Waals surface area contributed by atoms with Crippen molar-refractivity contribution in [2.75, 3.05) is 37.7 Å². The molecule has 0 unspecified atom stereocenters. The first-order chi connectivity index (χ1) is 20.3. The van der Waals surface area contributed by atoms with Gasteiger partial charge in [-0.15, -0.1) is 0 Å². The zero-order valence-corrected chi connectivity index (χ0v) is 24.8. The van der Waals surface area contributed by atoms with Crippen LogP contribution in [-0.2, 0) is 11.3 Å². The van der Waals surface area contributed by atoms with Gasteiger partial charge in [-0.1, -0.05) is 19.0 Å². The molecule has 0 spiro atoms. The number of aromatic nitrogens is 4. The Labute approximate surface area is 247 Å². The Morgan fingerprint density at radius 1 is 1.07 bits per heavy atom. The molecule has 232 valence electrons. The maximum absolute atomic E-state index is 14.8. The summed E-state index contributed by atoms with van der Waals surface area (Å²) in [4.78, 5) is 29.7. The highest BCUT2D eigenvalue weighted by atomic mass is 19.2. The molecule has 14 heteroatoms. The second-order valence-electron chi connectivity index (χ2n) is 12.3. The number of carbonyl (C=O) groups excluding carboxylic acids is 1. The molecule has 1 amide bonds. The van der Waals surface area contributed by atoms with Crippen LogP contribution in [0, 0.1) is 23.4 Å². The van der Waals surface area contributed by atoms with Crippen LogP contribution < -0.4 is 15.0 Å². The number of anilines is 1. The Kier molecular flexibility index (Phi) is 8.76. The van der Waals surface area contributed by atoms with Gasteiger partial charge in [0.25, 0.3) is 0 Å². The molecule has 2 fully saturated rings. The van der Waals surface area contributed by atoms with Crippen molar-refractivity contribution >= 4 is 12.0 Å². The zero-order chi connectivity index (χ0) is 30.9. The molecule has 0 radical (unpaired) electrons. The van der Waals surface area contributed by atoms with Crippen LogP contribution in [0.3, 0.4) is 0 Å². The van der Waals surface area contributed by atoms with Gasteiger partial charge in [-0.05, 0) is 32.4 Å². The molecular weight excluding hydrogens is 567 g/mol. The summed E-state index contributed by atoms with van der Waals surface area (Å²) in [6.45, 7) is 12.3. The molecule has 2 aliphatic heterocycles. The van der Waals surface area contributed by atoms with E-state index in [1.54, 1.807) is 38.1 Å². The lowest BCUT2D eigenvalue weighted by Crippen LogP contribution is -2.48. The fourth-order valence-electron chi connectivity index (χ4n) is 5.14. The summed E-state index contributed by atoms with van der Waals surface area (Å²) >= 11 is 0. The van der Waals surface area contributed by atoms with E-state index in [1.807, 2.05) is 13.8 Å². The Hall–Kier alpha value is -3.94. The van der Waals surface area contributed by atoms with Crippen LogP contribution in [0.2, 0.25) is 0 Å². The first-order valence-corrected chi connectivity index (χ1v) is 14.2. The maximum Gasteiger partial charge on any atom is 0.407 e. The third-order valence-corrected chi connectivity index (χ3v) is 7.24. The van der Waals surface area contributed by atoms with E-state index in [1.165, 1.54) is 0 Å². The number of amides is 1. The Balaban J connectivity index is 1.18. The normalized spacial score (nSPS) is 19.5. The molecule has 2 atom stereocenters. The van der Waals surface area contributed by atoms with E-state index in [0.717, 1.165) is 19.2 Å². The zero-order valence-electron chi connectivity index (χ0n) is 24.8. The van der Waals surface area contributed by atoms with E-state index in [-0.39, 0.29) is 24.6 Å². The molecular formula is C29H36F3N7O4. The van der Waals surface area contributed by atoms with Gasteiger partial charge in [0, 0.05) is 50.0 Å². The monoisotopic (exact) mass is 603 g/mol. The van der Waals surface area contributed by atoms with Crippen molar-refractivity contribution in [3.8, 4) is 5.75 Å². The predicted molar refractivity (Wildman–Crippen MR) is 149 cm³/mol. The topological polar surface area (TPSA) is 119 Å². The van der Waals surface area contributed by atoms with Gasteiger partial charge in [0.15, 0.2) is 23.2 Å². The van der Waals surface area contributed by atoms with Gasteiger partial charge in [-0.25, -0.2) is 27.9 Å². The Morgan fingerprint density at radius 2 is 1.77 bits per heavy atom. The van der Waals surface area contributed by atoms with E-state index >= 15 is 0 Å². The third-order valence-electron chi connectivity index (χ3n) is 7.24. The number of halogens is 3. The van der Waals surface area contributed by atoms with Crippen LogP contribution in [0.4, 0.5) is 23.9 Å². The predicted octanol–water partition coefficient (Wildman–Crippen LogP) is 4.41. The van der Waals surface area contributed by atoms with Crippen molar-refractivity contribution in [3.63, 3.8) is 0 Å². The van der Waals surface area contributed by atoms with E-state index in [0.29, 0.717) is 48.5 Å². The molecule has 5 rings (SSSR count). The highest BCUT2D eigenvalue weighted by Gasteiger charge is 2.39. The largest absolute Gasteiger partial charge is 0.490 e. The Bertz CT molecular complexity index is 1420. The molecule has 11 nitrogen and oxygen atoms in total. The number of hydrogen-bond donors (Lipinski definition) is 1. The Morgan fingerprint density at radius 3 is 2.42 bits per heavy atom. The molecule has 2 saturated heterocycles. The number of benzene rings is 1. The molecule has 1 N–H and O–H groups in total. The van der Waals surface area contributed by atoms with Crippen LogP contribution in [-0.4, -0.2) is 75.5 Å². The standard InChI is InChI=1S/C29H36F3N7O4/c1-16(2)26-36-25(43-37-26)14-38-10-17(11-38)15-41-18-8-33-27(34-9-18)39-12-20(19-6-22(31)23(32)7-21(19)30)24(13-39)35-28(40)42-29(3,4)5/h6-9,16-17,20,24H,10-15H2,1-5H3,(H,35,40)/t20-,24+/m1/s1. The van der Waals surface area contributed by atoms with Crippen LogP contribution in [0.1, 0.15) is 63.7 Å². The number of nitrogens with zero attached hydrogens (tertiary/aromatic N) is 6. The van der Waals surface area contributed by atoms with Crippen molar-refractivity contribution in [2.24, 2.45) is 5.92 Å². The van der Waals surface area contributed by atoms with Crippen molar-refractivity contribution in [1.29, 1.82) is 0 Å². The van der Waals surface area contributed by atoms with E-state index in [2.05, 4.69) is 30.3 Å². The fraction of sp³-hybridized carbons (Fsp3) is 0.552. The van der Waals surface area contributed by atoms with E-state index < -0.39 is 41.1 Å². The highest BCUT2D eigenvalue weighted by Crippen LogP contribution is 2.33. The van der Waals surface area contributed by atoms with Crippen molar-refractivity contribution in [2.45, 2.75) is 64.6 Å². The highest BCUT2D eigenvalue weighted by molar-refractivity contribution is 5.68. The lowest BCUT2D eigenvalue weighted by molar-refractivity contribution is 0.0472. The van der Waals surface area contributed by atoms with Crippen LogP contribution in [0.15, 0.2) is 29.0 Å². The molecule has 1 aromatic carbocycles. The quantitative estimate of drug-likeness (QED) is 0.353. The molecule has 2 aromatic heterocycles. The van der Waals surface area contributed by atoms with Gasteiger partial charge < -0.3 is 24.2 Å². The summed E-state index contributed by atoms with van der Waals surface area (Å²) in [5.41, 5.74) is -0.815. The maximum atomic E-state index is 14.8. The second kappa shape index (κ2) is 12.3. The van der Waals surface area contributed by atoms with Crippen LogP contribution in [0.25, 0.3) is 0 Å². The number of carbonyl (C=O) groups is 1. The van der Waals surface area contributed by atoms with Crippen LogP contribution in [0.5, 0.6) is 5.75 Å². The molecule has 43 heavy (non-hydrogen) atoms. The SMILES string of the molecule is CC(C)c1noc(CN2CC(COc3cnc(N4C[C@H](NC(=O)OC(C)(C)C)[C@@H](c5cc(F)c(F)cc5F)C4)nc3)C2)n1. The lowest BCUT2D eigenvalue weighted by atomic mass is 9.93. The van der Waals surface area contributed by atoms with Crippen molar-refractivity contribution < 1.29 is 32.0 Å². The number of hydrogen-bond acceptors (Lipinski definition) is 10. The van der Waals surface area contributed by atoms with Gasteiger partial charge >= 0.3 is 6.09 Å². The number of rotatable bonds is 9. The third kappa shape index (κ3) is 7.53. The minimum absolute atomic E-state index is 0.0589. The molecule has 0 bridgehead atoms. The first-order valence-electron chi connectivity index (χ1n) is 14.2. The summed E-state index contributed by atoms with van der Waals surface area (Å²) in [6, 6.07) is 0.655. The molecule has 2 aliphatic rings. The molecule has 0 aliphatic carbocycles. The van der Waals surface area contributed by atoms with Crippen molar-refractivity contribution in [1.82, 2.24) is 30.3 Å². The van der Waals surface area contributed by atoms with Gasteiger partial charge in [0.1, 0.15) is 11.4 Å². The minimum Gasteiger partial charge on any atom is -0.490 e. The number of nitrogens with one attached hydrogen (secondary N) is 1. The van der Waals surface area contributed by atoms with E-state index in [4.69, 9.17) is 14.0 Å². The smallest absolute Gasteiger partial charge is 0.407 e. The van der Waals surface area contributed by atoms with E-state index in [9.17, 15) is 18.0 Å². The second-order valence-corrected chi connectivity index (χ2v) is 12.3. The van der Waals surface area contributed by atoms with Gasteiger partial charge in [0.05, 0.1) is 31.6 Å². The minimum atomic E-state index is -1.28. The average molecular weight is 604 g/mol. The number of ether oxygens (including phenoxy) is 2. The van der Waals surface area contributed by atoms with Crippen molar-refractivity contribution in [3.05, 3.63) is 59.3 Å². The fourth-order valence-corrected chi connectivity index (χ4v) is 5.14. The number of likely N-dealkylation sites (tertiary alicyclic amines) is 1. The summed E-state index contributed by atoms with van der Waals surface area (Å²) in [5, 5.41) is 6.74. The average Bonchev–Trinajstić information content (AvgIpc) is 3.54. The summed E-state index contributed by atoms with van der Waals surface area (Å²) in [7, 11) is 0. The first kappa shape index (κ1) is 30.5. The molecule has 4 heterocycles. The summed E-state index contributed by atoms with van der Waals surface area (Å²) in [6.07, 6.45) is 2.39. The molecule has 3 aromatic rings. The summed E-state index contributed by atoms with van der Waals surface area (Å²) in [5.74, 6) is -1.41. The van der Waals surface area contributed by atoms with Gasteiger partial charge in [0.2, 0.25) is 11.8 Å². The number of alkyl carbamates (subject to hydrolysis) is 1. The summed E-state index contributed by atoms with van der Waals surface area (Å²) < 4.78 is 59.0. The van der Waals surface area contributed by atoms with Gasteiger partial charge in [-0.2, -0.15) is 4.98 Å². The van der Waals surface area contributed by atoms with Crippen LogP contribution >= 0.6 is 0 Å². The van der Waals surface area contributed by atoms with Gasteiger partial charge in [-0.3, -0.25) is 4.90 Å². The lowest BCUT2D eigenvalue weighted by Gasteiger charge is -2.37.